The second-order valence-corrected chi connectivity index (χ2v) is 3.31. The van der Waals surface area contributed by atoms with Crippen molar-refractivity contribution in [2.24, 2.45) is 0 Å². The first-order valence-corrected chi connectivity index (χ1v) is 4.58. The first kappa shape index (κ1) is 10.4. The molecule has 0 amide bonds. The lowest BCUT2D eigenvalue weighted by Crippen LogP contribution is -2.13. The molecule has 0 unspecified atom stereocenters. The molecule has 1 N–H and O–H groups in total. The average Bonchev–Trinajstić information content (AvgIpc) is 2.13. The van der Waals surface area contributed by atoms with Crippen molar-refractivity contribution < 1.29 is 0 Å². The van der Waals surface area contributed by atoms with E-state index < -0.39 is 0 Å². The van der Waals surface area contributed by atoms with Crippen LogP contribution in [0, 0.1) is 12.3 Å². The molecular weight excluding hydrogens is 205 g/mol. The SMILES string of the molecule is C#CCNCc1cccc(Cl)c1Cl. The molecule has 0 spiro atoms. The van der Waals surface area contributed by atoms with Gasteiger partial charge in [0, 0.05) is 6.54 Å². The van der Waals surface area contributed by atoms with Crippen LogP contribution in [0.2, 0.25) is 10.0 Å². The van der Waals surface area contributed by atoms with E-state index in [-0.39, 0.29) is 0 Å². The molecule has 0 aromatic heterocycles. The summed E-state index contributed by atoms with van der Waals surface area (Å²) in [7, 11) is 0. The number of benzene rings is 1. The molecule has 1 aromatic carbocycles. The highest BCUT2D eigenvalue weighted by molar-refractivity contribution is 6.42. The molecule has 1 rings (SSSR count). The monoisotopic (exact) mass is 213 g/mol. The first-order valence-electron chi connectivity index (χ1n) is 3.82. The number of halogens is 2. The van der Waals surface area contributed by atoms with Crippen LogP contribution < -0.4 is 5.32 Å². The van der Waals surface area contributed by atoms with Crippen LogP contribution in [0.3, 0.4) is 0 Å². The molecule has 1 aromatic rings. The zero-order valence-electron chi connectivity index (χ0n) is 6.98. The summed E-state index contributed by atoms with van der Waals surface area (Å²) in [4.78, 5) is 0. The van der Waals surface area contributed by atoms with Crippen LogP contribution >= 0.6 is 23.2 Å². The number of hydrogen-bond acceptors (Lipinski definition) is 1. The molecule has 3 heteroatoms. The summed E-state index contributed by atoms with van der Waals surface area (Å²) in [6.07, 6.45) is 5.09. The quantitative estimate of drug-likeness (QED) is 0.602. The van der Waals surface area contributed by atoms with Crippen LogP contribution in [0.15, 0.2) is 18.2 Å². The summed E-state index contributed by atoms with van der Waals surface area (Å²) in [5.41, 5.74) is 0.962. The van der Waals surface area contributed by atoms with Gasteiger partial charge in [-0.2, -0.15) is 0 Å². The van der Waals surface area contributed by atoms with E-state index >= 15 is 0 Å². The molecule has 0 aliphatic rings. The van der Waals surface area contributed by atoms with Crippen LogP contribution in [0.4, 0.5) is 0 Å². The summed E-state index contributed by atoms with van der Waals surface area (Å²) in [6, 6.07) is 5.54. The fraction of sp³-hybridized carbons (Fsp3) is 0.200. The minimum atomic E-state index is 0.531. The minimum absolute atomic E-state index is 0.531. The number of hydrogen-bond donors (Lipinski definition) is 1. The van der Waals surface area contributed by atoms with Crippen molar-refractivity contribution in [2.75, 3.05) is 6.54 Å². The van der Waals surface area contributed by atoms with Gasteiger partial charge in [0.2, 0.25) is 0 Å². The van der Waals surface area contributed by atoms with E-state index in [4.69, 9.17) is 29.6 Å². The predicted molar refractivity (Wildman–Crippen MR) is 57.0 cm³/mol. The Morgan fingerprint density at radius 2 is 2.15 bits per heavy atom. The normalized spacial score (nSPS) is 9.62. The molecule has 0 bridgehead atoms. The summed E-state index contributed by atoms with van der Waals surface area (Å²) < 4.78 is 0. The topological polar surface area (TPSA) is 12.0 Å². The molecule has 0 aliphatic heterocycles. The molecule has 0 saturated carbocycles. The standard InChI is InChI=1S/C10H9Cl2N/c1-2-6-13-7-8-4-3-5-9(11)10(8)12/h1,3-5,13H,6-7H2. The number of nitrogens with one attached hydrogen (secondary N) is 1. The Labute approximate surface area is 88.0 Å². The van der Waals surface area contributed by atoms with Crippen molar-refractivity contribution in [2.45, 2.75) is 6.54 Å². The van der Waals surface area contributed by atoms with E-state index in [2.05, 4.69) is 11.2 Å². The predicted octanol–water partition coefficient (Wildman–Crippen LogP) is 2.72. The Morgan fingerprint density at radius 1 is 1.38 bits per heavy atom. The second kappa shape index (κ2) is 5.14. The molecular formula is C10H9Cl2N. The van der Waals surface area contributed by atoms with E-state index in [0.717, 1.165) is 5.56 Å². The van der Waals surface area contributed by atoms with Gasteiger partial charge in [-0.3, -0.25) is 0 Å². The van der Waals surface area contributed by atoms with E-state index in [1.54, 1.807) is 6.07 Å². The van der Waals surface area contributed by atoms with Gasteiger partial charge in [0.25, 0.3) is 0 Å². The number of rotatable bonds is 3. The Kier molecular flexibility index (Phi) is 4.11. The summed E-state index contributed by atoms with van der Waals surface area (Å²) >= 11 is 11.8. The van der Waals surface area contributed by atoms with Crippen LogP contribution in [0.25, 0.3) is 0 Å². The van der Waals surface area contributed by atoms with Crippen molar-refractivity contribution in [3.8, 4) is 12.3 Å². The zero-order valence-corrected chi connectivity index (χ0v) is 8.49. The minimum Gasteiger partial charge on any atom is -0.302 e. The van der Waals surface area contributed by atoms with Crippen molar-refractivity contribution >= 4 is 23.2 Å². The Morgan fingerprint density at radius 3 is 2.85 bits per heavy atom. The molecule has 0 radical (unpaired) electrons. The molecule has 13 heavy (non-hydrogen) atoms. The van der Waals surface area contributed by atoms with E-state index in [1.807, 2.05) is 12.1 Å². The highest BCUT2D eigenvalue weighted by Crippen LogP contribution is 2.25. The number of terminal acetylenes is 1. The fourth-order valence-corrected chi connectivity index (χ4v) is 1.34. The molecule has 0 fully saturated rings. The van der Waals surface area contributed by atoms with Gasteiger partial charge >= 0.3 is 0 Å². The van der Waals surface area contributed by atoms with Gasteiger partial charge in [-0.1, -0.05) is 41.3 Å². The van der Waals surface area contributed by atoms with Crippen molar-refractivity contribution in [3.05, 3.63) is 33.8 Å². The maximum absolute atomic E-state index is 5.95. The van der Waals surface area contributed by atoms with Crippen molar-refractivity contribution in [3.63, 3.8) is 0 Å². The Balaban J connectivity index is 2.67. The van der Waals surface area contributed by atoms with Crippen LogP contribution in [-0.2, 0) is 6.54 Å². The van der Waals surface area contributed by atoms with Gasteiger partial charge in [-0.15, -0.1) is 6.42 Å². The third-order valence-electron chi connectivity index (χ3n) is 1.57. The third kappa shape index (κ3) is 2.93. The summed E-state index contributed by atoms with van der Waals surface area (Å²) in [5, 5.41) is 4.20. The highest BCUT2D eigenvalue weighted by atomic mass is 35.5. The fourth-order valence-electron chi connectivity index (χ4n) is 0.954. The van der Waals surface area contributed by atoms with Crippen molar-refractivity contribution in [1.29, 1.82) is 0 Å². The van der Waals surface area contributed by atoms with E-state index in [9.17, 15) is 0 Å². The molecule has 0 atom stereocenters. The lowest BCUT2D eigenvalue weighted by Gasteiger charge is -2.04. The van der Waals surface area contributed by atoms with Gasteiger partial charge in [0.1, 0.15) is 0 Å². The molecule has 0 heterocycles. The zero-order chi connectivity index (χ0) is 9.68. The molecule has 68 valence electrons. The van der Waals surface area contributed by atoms with Crippen LogP contribution in [0.1, 0.15) is 5.56 Å². The smallest absolute Gasteiger partial charge is 0.0637 e. The molecule has 0 aliphatic carbocycles. The molecule has 0 saturated heterocycles. The van der Waals surface area contributed by atoms with Gasteiger partial charge in [-0.25, -0.2) is 0 Å². The van der Waals surface area contributed by atoms with Crippen LogP contribution in [0.5, 0.6) is 0 Å². The maximum Gasteiger partial charge on any atom is 0.0637 e. The van der Waals surface area contributed by atoms with Gasteiger partial charge in [0.05, 0.1) is 16.6 Å². The van der Waals surface area contributed by atoms with E-state index in [0.29, 0.717) is 23.1 Å². The maximum atomic E-state index is 5.95. The second-order valence-electron chi connectivity index (χ2n) is 2.52. The third-order valence-corrected chi connectivity index (χ3v) is 2.43. The van der Waals surface area contributed by atoms with Crippen LogP contribution in [-0.4, -0.2) is 6.54 Å². The summed E-state index contributed by atoms with van der Waals surface area (Å²) in [6.45, 7) is 1.17. The molecule has 1 nitrogen and oxygen atoms in total. The van der Waals surface area contributed by atoms with Crippen molar-refractivity contribution in [1.82, 2.24) is 5.32 Å². The largest absolute Gasteiger partial charge is 0.302 e. The van der Waals surface area contributed by atoms with Gasteiger partial charge < -0.3 is 5.32 Å². The average molecular weight is 214 g/mol. The summed E-state index contributed by atoms with van der Waals surface area (Å²) in [5.74, 6) is 2.48. The van der Waals surface area contributed by atoms with Gasteiger partial charge in [-0.05, 0) is 11.6 Å². The lowest BCUT2D eigenvalue weighted by molar-refractivity contribution is 0.770. The Hall–Kier alpha value is -0.680. The first-order chi connectivity index (χ1) is 6.25. The van der Waals surface area contributed by atoms with E-state index in [1.165, 1.54) is 0 Å². The highest BCUT2D eigenvalue weighted by Gasteiger charge is 2.02. The Bertz CT molecular complexity index is 328. The lowest BCUT2D eigenvalue weighted by atomic mass is 10.2. The van der Waals surface area contributed by atoms with Gasteiger partial charge in [0.15, 0.2) is 0 Å².